The molecule has 2 aromatic carbocycles. The van der Waals surface area contributed by atoms with Crippen LogP contribution < -0.4 is 10.1 Å². The van der Waals surface area contributed by atoms with Crippen molar-refractivity contribution in [1.29, 1.82) is 0 Å². The lowest BCUT2D eigenvalue weighted by Crippen LogP contribution is -2.30. The van der Waals surface area contributed by atoms with Crippen LogP contribution in [0.15, 0.2) is 59.0 Å². The summed E-state index contributed by atoms with van der Waals surface area (Å²) >= 11 is 18.0. The highest BCUT2D eigenvalue weighted by Gasteiger charge is 2.19. The molecule has 0 bridgehead atoms. The van der Waals surface area contributed by atoms with Gasteiger partial charge >= 0.3 is 0 Å². The van der Waals surface area contributed by atoms with Crippen LogP contribution in [0.3, 0.4) is 0 Å². The predicted molar refractivity (Wildman–Crippen MR) is 124 cm³/mol. The van der Waals surface area contributed by atoms with Gasteiger partial charge in [0.2, 0.25) is 0 Å². The summed E-state index contributed by atoms with van der Waals surface area (Å²) in [5, 5.41) is 4.63. The highest BCUT2D eigenvalue weighted by Crippen LogP contribution is 2.28. The Hall–Kier alpha value is -2.18. The molecule has 1 unspecified atom stereocenters. The van der Waals surface area contributed by atoms with Crippen molar-refractivity contribution in [3.63, 3.8) is 0 Å². The van der Waals surface area contributed by atoms with Crippen LogP contribution in [0.4, 0.5) is 0 Å². The first-order valence-electron chi connectivity index (χ1n) is 9.69. The van der Waals surface area contributed by atoms with Crippen LogP contribution in [0.5, 0.6) is 5.75 Å². The lowest BCUT2D eigenvalue weighted by molar-refractivity contribution is 0.0900. The third-order valence-corrected chi connectivity index (χ3v) is 5.37. The van der Waals surface area contributed by atoms with Gasteiger partial charge < -0.3 is 19.4 Å². The van der Waals surface area contributed by atoms with Crippen molar-refractivity contribution in [2.45, 2.75) is 19.1 Å². The zero-order valence-corrected chi connectivity index (χ0v) is 19.5. The van der Waals surface area contributed by atoms with Gasteiger partial charge in [0.25, 0.3) is 5.91 Å². The van der Waals surface area contributed by atoms with Crippen LogP contribution >= 0.6 is 34.8 Å². The molecule has 0 aliphatic heterocycles. The van der Waals surface area contributed by atoms with E-state index in [2.05, 4.69) is 10.2 Å². The van der Waals surface area contributed by atoms with Gasteiger partial charge in [-0.2, -0.15) is 0 Å². The monoisotopic (exact) mass is 480 g/mol. The molecule has 3 rings (SSSR count). The third kappa shape index (κ3) is 6.91. The lowest BCUT2D eigenvalue weighted by Gasteiger charge is -2.21. The molecule has 0 aliphatic carbocycles. The number of benzene rings is 2. The number of halogens is 3. The Labute approximate surface area is 196 Å². The minimum absolute atomic E-state index is 0.135. The third-order valence-electron chi connectivity index (χ3n) is 4.59. The first-order chi connectivity index (χ1) is 14.8. The number of ether oxygens (including phenoxy) is 1. The van der Waals surface area contributed by atoms with Gasteiger partial charge in [-0.3, -0.25) is 4.79 Å². The molecule has 1 aromatic heterocycles. The number of nitrogens with one attached hydrogen (secondary N) is 1. The van der Waals surface area contributed by atoms with Crippen LogP contribution in [0.25, 0.3) is 0 Å². The molecule has 0 saturated heterocycles. The quantitative estimate of drug-likeness (QED) is 0.393. The smallest absolute Gasteiger partial charge is 0.287 e. The van der Waals surface area contributed by atoms with E-state index >= 15 is 0 Å². The average molecular weight is 482 g/mol. The minimum Gasteiger partial charge on any atom is -0.484 e. The summed E-state index contributed by atoms with van der Waals surface area (Å²) in [5.74, 6) is 0.909. The second-order valence-corrected chi connectivity index (χ2v) is 8.58. The van der Waals surface area contributed by atoms with E-state index in [9.17, 15) is 4.79 Å². The van der Waals surface area contributed by atoms with Gasteiger partial charge in [0.15, 0.2) is 5.76 Å². The molecule has 1 amide bonds. The molecular formula is C23H23Cl3N2O3. The molecule has 0 radical (unpaired) electrons. The van der Waals surface area contributed by atoms with E-state index < -0.39 is 0 Å². The number of amides is 1. The number of nitrogens with zero attached hydrogens (tertiary/aromatic N) is 1. The predicted octanol–water partition coefficient (Wildman–Crippen LogP) is 6.24. The number of rotatable bonds is 9. The van der Waals surface area contributed by atoms with Crippen molar-refractivity contribution in [3.05, 3.63) is 86.7 Å². The highest BCUT2D eigenvalue weighted by atomic mass is 35.5. The average Bonchev–Trinajstić information content (AvgIpc) is 3.20. The van der Waals surface area contributed by atoms with E-state index in [0.717, 1.165) is 18.5 Å². The fourth-order valence-corrected chi connectivity index (χ4v) is 3.54. The highest BCUT2D eigenvalue weighted by molar-refractivity contribution is 6.35. The van der Waals surface area contributed by atoms with Crippen molar-refractivity contribution in [3.8, 4) is 5.75 Å². The van der Waals surface area contributed by atoms with Gasteiger partial charge in [0.05, 0.1) is 11.1 Å². The summed E-state index contributed by atoms with van der Waals surface area (Å²) in [4.78, 5) is 14.9. The molecule has 1 atom stereocenters. The molecule has 5 nitrogen and oxygen atoms in total. The molecule has 3 aromatic rings. The molecule has 0 aliphatic rings. The van der Waals surface area contributed by atoms with E-state index in [1.165, 1.54) is 0 Å². The van der Waals surface area contributed by atoms with Crippen LogP contribution in [0, 0.1) is 0 Å². The first kappa shape index (κ1) is 23.5. The van der Waals surface area contributed by atoms with Crippen LogP contribution in [0.2, 0.25) is 15.1 Å². The van der Waals surface area contributed by atoms with Gasteiger partial charge in [0.1, 0.15) is 18.1 Å². The standard InChI is InChI=1S/C23H23Cl3N2O3/c1-28(2)12-11-20(15-3-5-16(24)6-4-15)27-23(29)22-10-8-18(31-22)14-30-21-9-7-17(25)13-19(21)26/h3-10,13,20H,11-12,14H2,1-2H3,(H,27,29). The van der Waals surface area contributed by atoms with E-state index in [-0.39, 0.29) is 24.3 Å². The Bertz CT molecular complexity index is 1020. The summed E-state index contributed by atoms with van der Waals surface area (Å²) < 4.78 is 11.3. The Balaban J connectivity index is 1.65. The summed E-state index contributed by atoms with van der Waals surface area (Å²) in [5.41, 5.74) is 0.979. The maximum absolute atomic E-state index is 12.8. The van der Waals surface area contributed by atoms with E-state index in [1.807, 2.05) is 38.4 Å². The normalized spacial score (nSPS) is 12.1. The van der Waals surface area contributed by atoms with Crippen molar-refractivity contribution >= 4 is 40.7 Å². The maximum Gasteiger partial charge on any atom is 0.287 e. The number of hydrogen-bond acceptors (Lipinski definition) is 4. The fraction of sp³-hybridized carbons (Fsp3) is 0.261. The van der Waals surface area contributed by atoms with Gasteiger partial charge in [-0.15, -0.1) is 0 Å². The first-order valence-corrected chi connectivity index (χ1v) is 10.8. The Kier molecular flexibility index (Phi) is 8.27. The SMILES string of the molecule is CN(C)CCC(NC(=O)c1ccc(COc2ccc(Cl)cc2Cl)o1)c1ccc(Cl)cc1. The van der Waals surface area contributed by atoms with Crippen LogP contribution in [-0.4, -0.2) is 31.4 Å². The van der Waals surface area contributed by atoms with E-state index in [0.29, 0.717) is 26.6 Å². The van der Waals surface area contributed by atoms with Crippen molar-refractivity contribution in [1.82, 2.24) is 10.2 Å². The second kappa shape index (κ2) is 10.9. The van der Waals surface area contributed by atoms with Crippen molar-refractivity contribution < 1.29 is 13.9 Å². The Morgan fingerprint density at radius 2 is 1.74 bits per heavy atom. The molecule has 0 spiro atoms. The second-order valence-electron chi connectivity index (χ2n) is 7.30. The van der Waals surface area contributed by atoms with Crippen molar-refractivity contribution in [2.24, 2.45) is 0 Å². The molecule has 164 valence electrons. The molecule has 1 heterocycles. The van der Waals surface area contributed by atoms with E-state index in [1.54, 1.807) is 30.3 Å². The summed E-state index contributed by atoms with van der Waals surface area (Å²) in [6.07, 6.45) is 0.742. The summed E-state index contributed by atoms with van der Waals surface area (Å²) in [6, 6.07) is 15.6. The number of furan rings is 1. The number of hydrogen-bond donors (Lipinski definition) is 1. The fourth-order valence-electron chi connectivity index (χ4n) is 2.95. The zero-order chi connectivity index (χ0) is 22.4. The largest absolute Gasteiger partial charge is 0.484 e. The zero-order valence-electron chi connectivity index (χ0n) is 17.2. The van der Waals surface area contributed by atoms with Crippen molar-refractivity contribution in [2.75, 3.05) is 20.6 Å². The number of carbonyl (C=O) groups is 1. The molecule has 31 heavy (non-hydrogen) atoms. The van der Waals surface area contributed by atoms with Crippen LogP contribution in [-0.2, 0) is 6.61 Å². The van der Waals surface area contributed by atoms with Gasteiger partial charge in [0, 0.05) is 10.0 Å². The molecule has 0 fully saturated rings. The Morgan fingerprint density at radius 3 is 2.42 bits per heavy atom. The van der Waals surface area contributed by atoms with Crippen LogP contribution in [0.1, 0.15) is 34.3 Å². The summed E-state index contributed by atoms with van der Waals surface area (Å²) in [7, 11) is 3.99. The van der Waals surface area contributed by atoms with Gasteiger partial charge in [-0.1, -0.05) is 46.9 Å². The lowest BCUT2D eigenvalue weighted by atomic mass is 10.0. The van der Waals surface area contributed by atoms with Gasteiger partial charge in [-0.05, 0) is 75.1 Å². The molecule has 1 N–H and O–H groups in total. The molecule has 0 saturated carbocycles. The molecule has 8 heteroatoms. The minimum atomic E-state index is -0.297. The summed E-state index contributed by atoms with van der Waals surface area (Å²) in [6.45, 7) is 0.947. The van der Waals surface area contributed by atoms with E-state index in [4.69, 9.17) is 44.0 Å². The number of carbonyl (C=O) groups excluding carboxylic acids is 1. The van der Waals surface area contributed by atoms with Gasteiger partial charge in [-0.25, -0.2) is 0 Å². The topological polar surface area (TPSA) is 54.7 Å². The molecular weight excluding hydrogens is 459 g/mol. The Morgan fingerprint density at radius 1 is 1.03 bits per heavy atom. The maximum atomic E-state index is 12.8.